The number of hydrogen-bond acceptors (Lipinski definition) is 7. The van der Waals surface area contributed by atoms with Gasteiger partial charge in [-0.15, -0.1) is 0 Å². The lowest BCUT2D eigenvalue weighted by atomic mass is 9.88. The highest BCUT2D eigenvalue weighted by Crippen LogP contribution is 2.31. The number of rotatable bonds is 3. The summed E-state index contributed by atoms with van der Waals surface area (Å²) in [6.45, 7) is -0.727. The van der Waals surface area contributed by atoms with Crippen LogP contribution in [0.2, 0.25) is 0 Å². The summed E-state index contributed by atoms with van der Waals surface area (Å²) >= 11 is 0. The van der Waals surface area contributed by atoms with Crippen LogP contribution in [0, 0.1) is 0 Å². The summed E-state index contributed by atoms with van der Waals surface area (Å²) in [4.78, 5) is 12.2. The summed E-state index contributed by atoms with van der Waals surface area (Å²) in [7, 11) is 0. The molecule has 20 heavy (non-hydrogen) atoms. The summed E-state index contributed by atoms with van der Waals surface area (Å²) in [5.74, 6) is -3.69. The van der Waals surface area contributed by atoms with Gasteiger partial charge in [-0.2, -0.15) is 0 Å². The zero-order valence-corrected chi connectivity index (χ0v) is 10.5. The Morgan fingerprint density at radius 1 is 1.15 bits per heavy atom. The van der Waals surface area contributed by atoms with Crippen LogP contribution < -0.4 is 0 Å². The SMILES string of the molecule is O=C(c1ccccc1)C1(O)O[C@H](CO)[C@@H](O)[C@H](O)[C@H]1O. The maximum Gasteiger partial charge on any atom is 0.261 e. The fourth-order valence-corrected chi connectivity index (χ4v) is 2.14. The van der Waals surface area contributed by atoms with Crippen LogP contribution in [0.5, 0.6) is 0 Å². The van der Waals surface area contributed by atoms with Crippen molar-refractivity contribution in [2.24, 2.45) is 0 Å². The van der Waals surface area contributed by atoms with E-state index in [2.05, 4.69) is 0 Å². The number of ketones is 1. The second-order valence-corrected chi connectivity index (χ2v) is 4.66. The highest BCUT2D eigenvalue weighted by molar-refractivity contribution is 6.01. The predicted molar refractivity (Wildman–Crippen MR) is 65.7 cm³/mol. The van der Waals surface area contributed by atoms with Crippen molar-refractivity contribution >= 4 is 5.78 Å². The van der Waals surface area contributed by atoms with Gasteiger partial charge >= 0.3 is 0 Å². The summed E-state index contributed by atoms with van der Waals surface area (Å²) in [5, 5.41) is 48.4. The molecule has 2 rings (SSSR count). The second-order valence-electron chi connectivity index (χ2n) is 4.66. The van der Waals surface area contributed by atoms with Crippen LogP contribution in [-0.4, -0.2) is 68.1 Å². The molecule has 1 saturated heterocycles. The molecule has 0 saturated carbocycles. The van der Waals surface area contributed by atoms with Crippen molar-refractivity contribution in [3.63, 3.8) is 0 Å². The summed E-state index contributed by atoms with van der Waals surface area (Å²) in [5.41, 5.74) is 0.0642. The minimum Gasteiger partial charge on any atom is -0.394 e. The Hall–Kier alpha value is -1.35. The lowest BCUT2D eigenvalue weighted by Crippen LogP contribution is -2.68. The third-order valence-electron chi connectivity index (χ3n) is 3.33. The highest BCUT2D eigenvalue weighted by atomic mass is 16.7. The third-order valence-corrected chi connectivity index (χ3v) is 3.33. The van der Waals surface area contributed by atoms with Crippen molar-refractivity contribution in [3.05, 3.63) is 35.9 Å². The van der Waals surface area contributed by atoms with Crippen LogP contribution in [0.1, 0.15) is 10.4 Å². The summed E-state index contributed by atoms with van der Waals surface area (Å²) < 4.78 is 4.93. The Morgan fingerprint density at radius 3 is 2.30 bits per heavy atom. The Labute approximate surface area is 114 Å². The van der Waals surface area contributed by atoms with E-state index in [-0.39, 0.29) is 5.56 Å². The molecule has 5 atom stereocenters. The molecule has 7 nitrogen and oxygen atoms in total. The first kappa shape index (κ1) is 15.0. The van der Waals surface area contributed by atoms with Crippen molar-refractivity contribution in [3.8, 4) is 0 Å². The number of ether oxygens (including phenoxy) is 1. The van der Waals surface area contributed by atoms with Crippen LogP contribution in [-0.2, 0) is 4.74 Å². The number of aliphatic hydroxyl groups is 5. The van der Waals surface area contributed by atoms with E-state index in [1.165, 1.54) is 12.1 Å². The molecule has 1 aliphatic heterocycles. The van der Waals surface area contributed by atoms with Crippen LogP contribution >= 0.6 is 0 Å². The quantitative estimate of drug-likeness (QED) is 0.407. The van der Waals surface area contributed by atoms with Crippen LogP contribution in [0.3, 0.4) is 0 Å². The van der Waals surface area contributed by atoms with Crippen molar-refractivity contribution < 1.29 is 35.1 Å². The topological polar surface area (TPSA) is 127 Å². The van der Waals surface area contributed by atoms with E-state index in [0.717, 1.165) is 0 Å². The molecule has 0 radical (unpaired) electrons. The van der Waals surface area contributed by atoms with Crippen molar-refractivity contribution in [2.75, 3.05) is 6.61 Å². The van der Waals surface area contributed by atoms with E-state index < -0.39 is 42.6 Å². The van der Waals surface area contributed by atoms with Gasteiger partial charge < -0.3 is 30.3 Å². The maximum absolute atomic E-state index is 12.2. The fraction of sp³-hybridized carbons (Fsp3) is 0.462. The van der Waals surface area contributed by atoms with Crippen molar-refractivity contribution in [1.29, 1.82) is 0 Å². The average molecular weight is 284 g/mol. The number of Topliss-reactive ketones (excluding diaryl/α,β-unsaturated/α-hetero) is 1. The van der Waals surface area contributed by atoms with Crippen LogP contribution in [0.25, 0.3) is 0 Å². The third kappa shape index (κ3) is 2.35. The summed E-state index contributed by atoms with van der Waals surface area (Å²) in [6, 6.07) is 7.58. The zero-order chi connectivity index (χ0) is 14.9. The van der Waals surface area contributed by atoms with Gasteiger partial charge in [-0.3, -0.25) is 4.79 Å². The predicted octanol–water partition coefficient (Wildman–Crippen LogP) is -1.97. The Kier molecular flexibility index (Phi) is 4.19. The van der Waals surface area contributed by atoms with Gasteiger partial charge in [0, 0.05) is 5.56 Å². The molecule has 1 aromatic carbocycles. The van der Waals surface area contributed by atoms with E-state index in [0.29, 0.717) is 0 Å². The first-order valence-electron chi connectivity index (χ1n) is 6.07. The van der Waals surface area contributed by atoms with Gasteiger partial charge in [0.1, 0.15) is 24.4 Å². The van der Waals surface area contributed by atoms with E-state index in [1.807, 2.05) is 0 Å². The molecule has 1 unspecified atom stereocenters. The smallest absolute Gasteiger partial charge is 0.261 e. The summed E-state index contributed by atoms with van der Waals surface area (Å²) in [6.07, 6.45) is -6.85. The van der Waals surface area contributed by atoms with Crippen LogP contribution in [0.4, 0.5) is 0 Å². The Bertz CT molecular complexity index is 475. The van der Waals surface area contributed by atoms with E-state index in [9.17, 15) is 25.2 Å². The standard InChI is InChI=1S/C13H16O7/c14-6-8-9(15)10(16)12(18)13(19,20-8)11(17)7-4-2-1-3-5-7/h1-5,8-10,12,14-16,18-19H,6H2/t8-,9-,10+,12-,13?/m1/s1. The number of hydrogen-bond donors (Lipinski definition) is 5. The fourth-order valence-electron chi connectivity index (χ4n) is 2.14. The van der Waals surface area contributed by atoms with Crippen molar-refractivity contribution in [1.82, 2.24) is 0 Å². The zero-order valence-electron chi connectivity index (χ0n) is 10.5. The van der Waals surface area contributed by atoms with Gasteiger partial charge in [-0.25, -0.2) is 0 Å². The molecule has 1 aromatic rings. The molecule has 0 amide bonds. The molecule has 1 heterocycles. The lowest BCUT2D eigenvalue weighted by Gasteiger charge is -2.44. The van der Waals surface area contributed by atoms with E-state index in [1.54, 1.807) is 18.2 Å². The molecule has 0 aromatic heterocycles. The lowest BCUT2D eigenvalue weighted by molar-refractivity contribution is -0.322. The molecule has 110 valence electrons. The molecule has 0 aliphatic carbocycles. The first-order chi connectivity index (χ1) is 9.41. The van der Waals surface area contributed by atoms with Crippen molar-refractivity contribution in [2.45, 2.75) is 30.2 Å². The molecule has 1 fully saturated rings. The average Bonchev–Trinajstić information content (AvgIpc) is 2.49. The minimum atomic E-state index is -2.73. The number of carbonyl (C=O) groups excluding carboxylic acids is 1. The van der Waals surface area contributed by atoms with Gasteiger partial charge in [0.15, 0.2) is 0 Å². The Morgan fingerprint density at radius 2 is 1.75 bits per heavy atom. The monoisotopic (exact) mass is 284 g/mol. The molecule has 5 N–H and O–H groups in total. The minimum absolute atomic E-state index is 0.0642. The highest BCUT2D eigenvalue weighted by Gasteiger charge is 2.57. The first-order valence-corrected chi connectivity index (χ1v) is 6.07. The van der Waals surface area contributed by atoms with Gasteiger partial charge in [-0.05, 0) is 0 Å². The van der Waals surface area contributed by atoms with Gasteiger partial charge in [0.05, 0.1) is 6.61 Å². The van der Waals surface area contributed by atoms with Crippen LogP contribution in [0.15, 0.2) is 30.3 Å². The second kappa shape index (κ2) is 5.57. The maximum atomic E-state index is 12.2. The van der Waals surface area contributed by atoms with E-state index in [4.69, 9.17) is 9.84 Å². The van der Waals surface area contributed by atoms with E-state index >= 15 is 0 Å². The molecular formula is C13H16O7. The largest absolute Gasteiger partial charge is 0.394 e. The van der Waals surface area contributed by atoms with Gasteiger partial charge in [-0.1, -0.05) is 30.3 Å². The number of benzene rings is 1. The normalized spacial score (nSPS) is 37.6. The molecular weight excluding hydrogens is 268 g/mol. The van der Waals surface area contributed by atoms with Gasteiger partial charge in [0.25, 0.3) is 5.79 Å². The molecule has 0 bridgehead atoms. The van der Waals surface area contributed by atoms with Gasteiger partial charge in [0.2, 0.25) is 5.78 Å². The molecule has 0 spiro atoms. The number of carbonyl (C=O) groups is 1. The molecule has 1 aliphatic rings. The molecule has 7 heteroatoms. The number of aliphatic hydroxyl groups excluding tert-OH is 4. The Balaban J connectivity index is 2.34.